The number of nitrogens with one attached hydrogen (secondary N) is 2. The molecule has 0 aliphatic rings. The summed E-state index contributed by atoms with van der Waals surface area (Å²) in [5, 5.41) is 4.76. The molecule has 0 heterocycles. The number of ether oxygens (including phenoxy) is 4. The molecule has 0 spiro atoms. The molecule has 152 valence electrons. The Balaban J connectivity index is 5.06. The zero-order chi connectivity index (χ0) is 20.8. The first-order valence-corrected chi connectivity index (χ1v) is 8.40. The molecular weight excluding hydrogens is 344 g/mol. The van der Waals surface area contributed by atoms with E-state index in [-0.39, 0.29) is 6.61 Å². The van der Waals surface area contributed by atoms with Crippen LogP contribution in [0, 0.1) is 0 Å². The Morgan fingerprint density at radius 2 is 1.31 bits per heavy atom. The third-order valence-electron chi connectivity index (χ3n) is 2.36. The lowest BCUT2D eigenvalue weighted by atomic mass is 10.2. The van der Waals surface area contributed by atoms with Gasteiger partial charge >= 0.3 is 18.2 Å². The molecule has 0 aromatic heterocycles. The van der Waals surface area contributed by atoms with Crippen molar-refractivity contribution in [2.45, 2.75) is 85.5 Å². The molecule has 0 bridgehead atoms. The highest BCUT2D eigenvalue weighted by molar-refractivity contribution is 5.80. The molecule has 9 heteroatoms. The number of esters is 1. The molecule has 0 fully saturated rings. The van der Waals surface area contributed by atoms with Crippen molar-refractivity contribution in [3.63, 3.8) is 0 Å². The van der Waals surface area contributed by atoms with Crippen LogP contribution in [0.1, 0.15) is 62.3 Å². The lowest BCUT2D eigenvalue weighted by molar-refractivity contribution is -0.173. The van der Waals surface area contributed by atoms with Crippen molar-refractivity contribution in [1.29, 1.82) is 0 Å². The zero-order valence-corrected chi connectivity index (χ0v) is 17.1. The summed E-state index contributed by atoms with van der Waals surface area (Å²) in [5.74, 6) is -0.822. The predicted molar refractivity (Wildman–Crippen MR) is 94.3 cm³/mol. The molecule has 2 amide bonds. The summed E-state index contributed by atoms with van der Waals surface area (Å²) in [4.78, 5) is 35.9. The van der Waals surface area contributed by atoms with Crippen LogP contribution in [0.25, 0.3) is 0 Å². The minimum Gasteiger partial charge on any atom is -0.463 e. The predicted octanol–water partition coefficient (Wildman–Crippen LogP) is 2.68. The highest BCUT2D eigenvalue weighted by atomic mass is 16.6. The summed E-state index contributed by atoms with van der Waals surface area (Å²) in [6.07, 6.45) is -3.07. The van der Waals surface area contributed by atoms with Gasteiger partial charge in [0, 0.05) is 0 Å². The van der Waals surface area contributed by atoms with Gasteiger partial charge in [0.2, 0.25) is 6.23 Å². The van der Waals surface area contributed by atoms with Gasteiger partial charge in [-0.05, 0) is 62.3 Å². The largest absolute Gasteiger partial charge is 0.463 e. The molecule has 0 aromatic carbocycles. The smallest absolute Gasteiger partial charge is 0.410 e. The summed E-state index contributed by atoms with van der Waals surface area (Å²) < 4.78 is 20.7. The fraction of sp³-hybridized carbons (Fsp3) is 0.824. The standard InChI is InChI=1S/C17H32N2O7/c1-10-23-12(20)11(18-13(21)25-15(2,3)4)24-17(8,9)19-14(22)26-16(5,6)7/h11H,10H2,1-9H3,(H,18,21)(H,19,22). The Morgan fingerprint density at radius 1 is 0.846 bits per heavy atom. The van der Waals surface area contributed by atoms with Crippen molar-refractivity contribution < 1.29 is 33.3 Å². The molecule has 1 atom stereocenters. The van der Waals surface area contributed by atoms with Gasteiger partial charge in [-0.1, -0.05) is 0 Å². The first-order valence-electron chi connectivity index (χ1n) is 8.40. The highest BCUT2D eigenvalue weighted by Crippen LogP contribution is 2.13. The van der Waals surface area contributed by atoms with E-state index in [4.69, 9.17) is 18.9 Å². The van der Waals surface area contributed by atoms with Crippen molar-refractivity contribution in [2.24, 2.45) is 0 Å². The van der Waals surface area contributed by atoms with Crippen LogP contribution in [0.5, 0.6) is 0 Å². The van der Waals surface area contributed by atoms with Gasteiger partial charge < -0.3 is 18.9 Å². The summed E-state index contributed by atoms with van der Waals surface area (Å²) in [7, 11) is 0. The Labute approximate surface area is 155 Å². The molecule has 2 N–H and O–H groups in total. The lowest BCUT2D eigenvalue weighted by Crippen LogP contribution is -2.55. The highest BCUT2D eigenvalue weighted by Gasteiger charge is 2.34. The minimum absolute atomic E-state index is 0.0919. The zero-order valence-electron chi connectivity index (χ0n) is 17.1. The minimum atomic E-state index is -1.48. The number of hydrogen-bond donors (Lipinski definition) is 2. The summed E-state index contributed by atoms with van der Waals surface area (Å²) in [6, 6.07) is 0. The van der Waals surface area contributed by atoms with Crippen molar-refractivity contribution in [2.75, 3.05) is 6.61 Å². The molecule has 9 nitrogen and oxygen atoms in total. The molecule has 26 heavy (non-hydrogen) atoms. The van der Waals surface area contributed by atoms with Crippen LogP contribution < -0.4 is 10.6 Å². The van der Waals surface area contributed by atoms with Crippen LogP contribution in [-0.4, -0.2) is 47.9 Å². The Hall–Kier alpha value is -2.03. The second kappa shape index (κ2) is 9.07. The van der Waals surface area contributed by atoms with Gasteiger partial charge in [-0.15, -0.1) is 0 Å². The fourth-order valence-electron chi connectivity index (χ4n) is 1.64. The van der Waals surface area contributed by atoms with E-state index in [1.165, 1.54) is 13.8 Å². The van der Waals surface area contributed by atoms with Gasteiger partial charge in [0.15, 0.2) is 0 Å². The van der Waals surface area contributed by atoms with E-state index in [0.29, 0.717) is 0 Å². The van der Waals surface area contributed by atoms with Gasteiger partial charge in [-0.25, -0.2) is 14.4 Å². The van der Waals surface area contributed by atoms with Crippen molar-refractivity contribution in [1.82, 2.24) is 10.6 Å². The molecule has 0 saturated carbocycles. The number of carbonyl (C=O) groups is 3. The van der Waals surface area contributed by atoms with E-state index in [9.17, 15) is 14.4 Å². The second-order valence-electron chi connectivity index (χ2n) is 8.03. The molecule has 0 radical (unpaired) electrons. The van der Waals surface area contributed by atoms with E-state index < -0.39 is 41.3 Å². The monoisotopic (exact) mass is 376 g/mol. The van der Waals surface area contributed by atoms with E-state index >= 15 is 0 Å². The van der Waals surface area contributed by atoms with Gasteiger partial charge in [0.1, 0.15) is 16.9 Å². The SMILES string of the molecule is CCOC(=O)C(NC(=O)OC(C)(C)C)OC(C)(C)NC(=O)OC(C)(C)C. The maximum Gasteiger partial charge on any atom is 0.410 e. The molecule has 0 aromatic rings. The first kappa shape index (κ1) is 24.0. The van der Waals surface area contributed by atoms with Gasteiger partial charge in [0.25, 0.3) is 0 Å². The van der Waals surface area contributed by atoms with Crippen LogP contribution in [0.3, 0.4) is 0 Å². The van der Waals surface area contributed by atoms with Crippen molar-refractivity contribution >= 4 is 18.2 Å². The normalized spacial score (nSPS) is 13.4. The van der Waals surface area contributed by atoms with Crippen LogP contribution >= 0.6 is 0 Å². The van der Waals surface area contributed by atoms with E-state index in [2.05, 4.69) is 10.6 Å². The summed E-state index contributed by atoms with van der Waals surface area (Å²) >= 11 is 0. The van der Waals surface area contributed by atoms with Gasteiger partial charge in [-0.3, -0.25) is 10.6 Å². The summed E-state index contributed by atoms with van der Waals surface area (Å²) in [5.41, 5.74) is -2.79. The van der Waals surface area contributed by atoms with Gasteiger partial charge in [-0.2, -0.15) is 0 Å². The third kappa shape index (κ3) is 11.5. The quantitative estimate of drug-likeness (QED) is 0.416. The molecule has 0 aliphatic carbocycles. The van der Waals surface area contributed by atoms with Crippen LogP contribution in [0.15, 0.2) is 0 Å². The third-order valence-corrected chi connectivity index (χ3v) is 2.36. The Kier molecular flexibility index (Phi) is 8.36. The van der Waals surface area contributed by atoms with Gasteiger partial charge in [0.05, 0.1) is 6.61 Å². The topological polar surface area (TPSA) is 112 Å². The lowest BCUT2D eigenvalue weighted by Gasteiger charge is -2.32. The van der Waals surface area contributed by atoms with Crippen LogP contribution in [0.4, 0.5) is 9.59 Å². The molecule has 0 aliphatic heterocycles. The average Bonchev–Trinajstić information content (AvgIpc) is 2.31. The van der Waals surface area contributed by atoms with E-state index in [1.54, 1.807) is 48.5 Å². The van der Waals surface area contributed by atoms with Crippen molar-refractivity contribution in [3.05, 3.63) is 0 Å². The maximum atomic E-state index is 12.1. The van der Waals surface area contributed by atoms with Crippen molar-refractivity contribution in [3.8, 4) is 0 Å². The Bertz CT molecular complexity index is 504. The van der Waals surface area contributed by atoms with Crippen LogP contribution in [-0.2, 0) is 23.7 Å². The van der Waals surface area contributed by atoms with E-state index in [1.807, 2.05) is 0 Å². The van der Waals surface area contributed by atoms with Crippen LogP contribution in [0.2, 0.25) is 0 Å². The first-order chi connectivity index (χ1) is 11.5. The number of amides is 2. The number of carbonyl (C=O) groups excluding carboxylic acids is 3. The Morgan fingerprint density at radius 3 is 1.73 bits per heavy atom. The molecule has 1 unspecified atom stereocenters. The molecule has 0 rings (SSSR count). The van der Waals surface area contributed by atoms with E-state index in [0.717, 1.165) is 0 Å². The second-order valence-corrected chi connectivity index (χ2v) is 8.03. The number of rotatable bonds is 6. The molecular formula is C17H32N2O7. The number of alkyl carbamates (subject to hydrolysis) is 2. The maximum absolute atomic E-state index is 12.1. The number of hydrogen-bond acceptors (Lipinski definition) is 7. The fourth-order valence-corrected chi connectivity index (χ4v) is 1.64. The molecule has 0 saturated heterocycles. The average molecular weight is 376 g/mol. The summed E-state index contributed by atoms with van der Waals surface area (Å²) in [6.45, 7) is 14.9.